The van der Waals surface area contributed by atoms with Gasteiger partial charge in [0.1, 0.15) is 10.7 Å². The van der Waals surface area contributed by atoms with Crippen LogP contribution in [-0.4, -0.2) is 20.9 Å². The minimum Gasteiger partial charge on any atom is -0.311 e. The Morgan fingerprint density at radius 1 is 1.42 bits per heavy atom. The van der Waals surface area contributed by atoms with Gasteiger partial charge in [-0.15, -0.1) is 11.3 Å². The summed E-state index contributed by atoms with van der Waals surface area (Å²) in [5.74, 6) is 0. The molecule has 3 rings (SSSR count). The molecule has 0 saturated carbocycles. The molecule has 0 aromatic carbocycles. The van der Waals surface area contributed by atoms with Crippen LogP contribution in [0.1, 0.15) is 12.6 Å². The van der Waals surface area contributed by atoms with Gasteiger partial charge < -0.3 is 9.72 Å². The molecular weight excluding hydrogens is 276 g/mol. The summed E-state index contributed by atoms with van der Waals surface area (Å²) in [6.07, 6.45) is 3.88. The Morgan fingerprint density at radius 3 is 3.16 bits per heavy atom. The van der Waals surface area contributed by atoms with Gasteiger partial charge in [0.25, 0.3) is 0 Å². The second kappa shape index (κ2) is 5.73. The van der Waals surface area contributed by atoms with Crippen molar-refractivity contribution in [1.29, 1.82) is 0 Å². The maximum Gasteiger partial charge on any atom is 0.156 e. The number of thiazole rings is 1. The van der Waals surface area contributed by atoms with E-state index in [9.17, 15) is 0 Å². The molecule has 3 aromatic rings. The van der Waals surface area contributed by atoms with E-state index in [1.54, 1.807) is 23.1 Å². The maximum atomic E-state index is 4.69. The Morgan fingerprint density at radius 2 is 2.37 bits per heavy atom. The first-order valence-electron chi connectivity index (χ1n) is 6.12. The molecule has 0 saturated heterocycles. The number of hydrogen-bond acceptors (Lipinski definition) is 5. The van der Waals surface area contributed by atoms with Crippen molar-refractivity contribution in [3.05, 3.63) is 41.7 Å². The zero-order chi connectivity index (χ0) is 13.1. The summed E-state index contributed by atoms with van der Waals surface area (Å²) in [7, 11) is 0. The van der Waals surface area contributed by atoms with Gasteiger partial charge in [-0.2, -0.15) is 0 Å². The molecule has 3 aromatic heterocycles. The van der Waals surface area contributed by atoms with Gasteiger partial charge in [-0.25, -0.2) is 9.97 Å². The monoisotopic (exact) mass is 290 g/mol. The van der Waals surface area contributed by atoms with Gasteiger partial charge in [-0.05, 0) is 30.4 Å². The fourth-order valence-corrected chi connectivity index (χ4v) is 3.52. The highest BCUT2D eigenvalue weighted by Crippen LogP contribution is 2.31. The summed E-state index contributed by atoms with van der Waals surface area (Å²) in [6, 6.07) is 6.07. The minimum absolute atomic E-state index is 0.815. The molecule has 0 unspecified atom stereocenters. The van der Waals surface area contributed by atoms with Crippen LogP contribution in [0.3, 0.4) is 0 Å². The fraction of sp³-hybridized carbons (Fsp3) is 0.231. The summed E-state index contributed by atoms with van der Waals surface area (Å²) in [4.78, 5) is 9.01. The Balaban J connectivity index is 2.01. The van der Waals surface area contributed by atoms with Crippen LogP contribution in [0.15, 0.2) is 45.3 Å². The number of pyridine rings is 1. The minimum atomic E-state index is 0.815. The second-order valence-electron chi connectivity index (χ2n) is 3.97. The molecule has 0 aliphatic carbocycles. The molecule has 4 nitrogen and oxygen atoms in total. The largest absolute Gasteiger partial charge is 0.311 e. The topological polar surface area (TPSA) is 42.2 Å². The van der Waals surface area contributed by atoms with E-state index in [0.29, 0.717) is 0 Å². The highest BCUT2D eigenvalue weighted by Gasteiger charge is 2.13. The number of nitrogens with zero attached hydrogens (tertiary/aromatic N) is 3. The van der Waals surface area contributed by atoms with Gasteiger partial charge in [0.15, 0.2) is 4.34 Å². The van der Waals surface area contributed by atoms with Crippen LogP contribution in [0, 0.1) is 0 Å². The van der Waals surface area contributed by atoms with E-state index in [-0.39, 0.29) is 0 Å². The van der Waals surface area contributed by atoms with Crippen LogP contribution in [0.5, 0.6) is 0 Å². The molecule has 98 valence electrons. The Kier molecular flexibility index (Phi) is 3.82. The smallest absolute Gasteiger partial charge is 0.156 e. The summed E-state index contributed by atoms with van der Waals surface area (Å²) < 4.78 is 3.17. The average molecular weight is 290 g/mol. The maximum absolute atomic E-state index is 4.69. The van der Waals surface area contributed by atoms with Crippen molar-refractivity contribution in [3.63, 3.8) is 0 Å². The summed E-state index contributed by atoms with van der Waals surface area (Å²) >= 11 is 3.27. The van der Waals surface area contributed by atoms with E-state index in [1.165, 1.54) is 5.69 Å². The highest BCUT2D eigenvalue weighted by molar-refractivity contribution is 8.01. The Labute approximate surface area is 119 Å². The fourth-order valence-electron chi connectivity index (χ4n) is 1.85. The summed E-state index contributed by atoms with van der Waals surface area (Å²) in [6.45, 7) is 3.87. The van der Waals surface area contributed by atoms with Crippen molar-refractivity contribution in [3.8, 4) is 0 Å². The molecule has 0 atom stereocenters. The van der Waals surface area contributed by atoms with E-state index in [1.807, 2.05) is 29.8 Å². The lowest BCUT2D eigenvalue weighted by molar-refractivity contribution is 0.694. The SMILES string of the molecule is CCNCc1c(Sc2nccs2)nc2ccccn12. The van der Waals surface area contributed by atoms with Crippen molar-refractivity contribution < 1.29 is 0 Å². The normalized spacial score (nSPS) is 11.2. The van der Waals surface area contributed by atoms with E-state index in [2.05, 4.69) is 27.8 Å². The standard InChI is InChI=1S/C13H14N4S2/c1-2-14-9-10-12(19-13-15-6-8-18-13)16-11-5-3-4-7-17(10)11/h3-8,14H,2,9H2,1H3. The third-order valence-electron chi connectivity index (χ3n) is 2.73. The van der Waals surface area contributed by atoms with Gasteiger partial charge in [0.2, 0.25) is 0 Å². The van der Waals surface area contributed by atoms with Gasteiger partial charge >= 0.3 is 0 Å². The zero-order valence-electron chi connectivity index (χ0n) is 10.5. The Bertz CT molecular complexity index is 660. The van der Waals surface area contributed by atoms with Crippen LogP contribution in [0.4, 0.5) is 0 Å². The van der Waals surface area contributed by atoms with Crippen LogP contribution in [0.25, 0.3) is 5.65 Å². The average Bonchev–Trinajstić information content (AvgIpc) is 3.04. The molecule has 3 heterocycles. The van der Waals surface area contributed by atoms with Crippen molar-refractivity contribution in [2.45, 2.75) is 22.8 Å². The van der Waals surface area contributed by atoms with E-state index in [4.69, 9.17) is 4.98 Å². The third kappa shape index (κ3) is 2.65. The number of fused-ring (bicyclic) bond motifs is 1. The van der Waals surface area contributed by atoms with Gasteiger partial charge in [-0.3, -0.25) is 0 Å². The van der Waals surface area contributed by atoms with E-state index in [0.717, 1.165) is 28.1 Å². The van der Waals surface area contributed by atoms with Crippen LogP contribution >= 0.6 is 23.1 Å². The van der Waals surface area contributed by atoms with Crippen LogP contribution in [0.2, 0.25) is 0 Å². The molecule has 0 bridgehead atoms. The molecular formula is C13H14N4S2. The van der Waals surface area contributed by atoms with Gasteiger partial charge in [-0.1, -0.05) is 13.0 Å². The number of aromatic nitrogens is 3. The molecule has 0 amide bonds. The third-order valence-corrected chi connectivity index (χ3v) is 4.63. The second-order valence-corrected chi connectivity index (χ2v) is 6.10. The predicted molar refractivity (Wildman–Crippen MR) is 78.8 cm³/mol. The number of hydrogen-bond donors (Lipinski definition) is 1. The van der Waals surface area contributed by atoms with Crippen LogP contribution < -0.4 is 5.32 Å². The zero-order valence-corrected chi connectivity index (χ0v) is 12.2. The predicted octanol–water partition coefficient (Wildman–Crippen LogP) is 3.05. The highest BCUT2D eigenvalue weighted by atomic mass is 32.2. The molecule has 6 heteroatoms. The first-order valence-corrected chi connectivity index (χ1v) is 7.82. The molecule has 1 N–H and O–H groups in total. The first-order chi connectivity index (χ1) is 9.38. The molecule has 0 fully saturated rings. The molecule has 0 spiro atoms. The first kappa shape index (κ1) is 12.7. The van der Waals surface area contributed by atoms with Crippen LogP contribution in [-0.2, 0) is 6.54 Å². The lowest BCUT2D eigenvalue weighted by Gasteiger charge is -2.04. The quantitative estimate of drug-likeness (QED) is 0.784. The van der Waals surface area contributed by atoms with Crippen molar-refractivity contribution >= 4 is 28.7 Å². The Hall–Kier alpha value is -1.37. The lowest BCUT2D eigenvalue weighted by Crippen LogP contribution is -2.13. The summed E-state index contributed by atoms with van der Waals surface area (Å²) in [5, 5.41) is 6.39. The number of nitrogens with one attached hydrogen (secondary N) is 1. The number of rotatable bonds is 5. The van der Waals surface area contributed by atoms with E-state index >= 15 is 0 Å². The number of imidazole rings is 1. The summed E-state index contributed by atoms with van der Waals surface area (Å²) in [5.41, 5.74) is 2.17. The van der Waals surface area contributed by atoms with Crippen molar-refractivity contribution in [2.24, 2.45) is 0 Å². The molecule has 0 aliphatic rings. The van der Waals surface area contributed by atoms with Crippen molar-refractivity contribution in [2.75, 3.05) is 6.54 Å². The lowest BCUT2D eigenvalue weighted by atomic mass is 10.4. The molecule has 19 heavy (non-hydrogen) atoms. The van der Waals surface area contributed by atoms with Crippen molar-refractivity contribution in [1.82, 2.24) is 19.7 Å². The van der Waals surface area contributed by atoms with Gasteiger partial charge in [0, 0.05) is 24.3 Å². The van der Waals surface area contributed by atoms with Gasteiger partial charge in [0.05, 0.1) is 5.69 Å². The molecule has 0 aliphatic heterocycles. The molecule has 0 radical (unpaired) electrons. The van der Waals surface area contributed by atoms with E-state index < -0.39 is 0 Å².